The second-order valence-corrected chi connectivity index (χ2v) is 1.79. The SMILES string of the molecule is N=C(NC(N)=O)n1cccn1. The van der Waals surface area contributed by atoms with Gasteiger partial charge in [-0.1, -0.05) is 0 Å². The fraction of sp³-hybridized carbons (Fsp3) is 0. The molecule has 58 valence electrons. The molecule has 0 unspecified atom stereocenters. The average Bonchev–Trinajstić information content (AvgIpc) is 2.35. The lowest BCUT2D eigenvalue weighted by molar-refractivity contribution is 0.252. The first kappa shape index (κ1) is 7.26. The van der Waals surface area contributed by atoms with Crippen LogP contribution in [-0.2, 0) is 0 Å². The summed E-state index contributed by atoms with van der Waals surface area (Å²) in [7, 11) is 0. The van der Waals surface area contributed by atoms with E-state index in [1.54, 1.807) is 6.07 Å². The zero-order chi connectivity index (χ0) is 8.27. The molecule has 0 aromatic carbocycles. The molecule has 1 heterocycles. The molecular weight excluding hydrogens is 146 g/mol. The van der Waals surface area contributed by atoms with E-state index in [9.17, 15) is 4.79 Å². The Morgan fingerprint density at radius 3 is 2.91 bits per heavy atom. The third-order valence-electron chi connectivity index (χ3n) is 0.975. The van der Waals surface area contributed by atoms with Crippen molar-refractivity contribution in [3.63, 3.8) is 0 Å². The summed E-state index contributed by atoms with van der Waals surface area (Å²) in [6.07, 6.45) is 3.02. The minimum Gasteiger partial charge on any atom is -0.351 e. The van der Waals surface area contributed by atoms with Gasteiger partial charge in [0.15, 0.2) is 0 Å². The van der Waals surface area contributed by atoms with Crippen LogP contribution in [-0.4, -0.2) is 21.8 Å². The van der Waals surface area contributed by atoms with E-state index in [0.717, 1.165) is 0 Å². The van der Waals surface area contributed by atoms with Crippen molar-refractivity contribution in [2.75, 3.05) is 0 Å². The van der Waals surface area contributed by atoms with Crippen molar-refractivity contribution < 1.29 is 4.79 Å². The second-order valence-electron chi connectivity index (χ2n) is 1.79. The van der Waals surface area contributed by atoms with E-state index >= 15 is 0 Å². The third kappa shape index (κ3) is 1.78. The molecule has 0 atom stereocenters. The first-order valence-electron chi connectivity index (χ1n) is 2.85. The van der Waals surface area contributed by atoms with Crippen LogP contribution in [0.4, 0.5) is 4.79 Å². The van der Waals surface area contributed by atoms with Gasteiger partial charge in [-0.3, -0.25) is 10.7 Å². The van der Waals surface area contributed by atoms with E-state index in [2.05, 4.69) is 10.4 Å². The Bertz CT molecular complexity index is 264. The fourth-order valence-electron chi connectivity index (χ4n) is 0.575. The highest BCUT2D eigenvalue weighted by molar-refractivity contribution is 5.94. The van der Waals surface area contributed by atoms with Crippen LogP contribution in [0.15, 0.2) is 18.5 Å². The van der Waals surface area contributed by atoms with Crippen LogP contribution in [0.2, 0.25) is 0 Å². The number of primary amides is 1. The van der Waals surface area contributed by atoms with Crippen molar-refractivity contribution in [2.45, 2.75) is 0 Å². The molecule has 1 aromatic rings. The highest BCUT2D eigenvalue weighted by Crippen LogP contribution is 1.80. The quantitative estimate of drug-likeness (QED) is 0.340. The maximum Gasteiger partial charge on any atom is 0.318 e. The molecule has 1 rings (SSSR count). The first-order chi connectivity index (χ1) is 5.20. The Kier molecular flexibility index (Phi) is 1.86. The molecule has 0 radical (unpaired) electrons. The van der Waals surface area contributed by atoms with Crippen molar-refractivity contribution in [1.29, 1.82) is 5.41 Å². The summed E-state index contributed by atoms with van der Waals surface area (Å²) in [6.45, 7) is 0. The molecular formula is C5H7N5O. The number of urea groups is 1. The zero-order valence-corrected chi connectivity index (χ0v) is 5.61. The van der Waals surface area contributed by atoms with Crippen molar-refractivity contribution in [1.82, 2.24) is 15.1 Å². The average molecular weight is 153 g/mol. The summed E-state index contributed by atoms with van der Waals surface area (Å²) in [5.74, 6) is -0.164. The van der Waals surface area contributed by atoms with Crippen LogP contribution in [0.5, 0.6) is 0 Å². The highest BCUT2D eigenvalue weighted by Gasteiger charge is 2.00. The van der Waals surface area contributed by atoms with Gasteiger partial charge >= 0.3 is 6.03 Å². The highest BCUT2D eigenvalue weighted by atomic mass is 16.2. The number of nitrogens with two attached hydrogens (primary N) is 1. The number of carbonyl (C=O) groups is 1. The van der Waals surface area contributed by atoms with Gasteiger partial charge in [0.05, 0.1) is 0 Å². The lowest BCUT2D eigenvalue weighted by Gasteiger charge is -2.01. The second kappa shape index (κ2) is 2.82. The predicted molar refractivity (Wildman–Crippen MR) is 38.1 cm³/mol. The summed E-state index contributed by atoms with van der Waals surface area (Å²) < 4.78 is 1.19. The zero-order valence-electron chi connectivity index (χ0n) is 5.61. The summed E-state index contributed by atoms with van der Waals surface area (Å²) in [4.78, 5) is 10.2. The number of carbonyl (C=O) groups excluding carboxylic acids is 1. The third-order valence-corrected chi connectivity index (χ3v) is 0.975. The number of rotatable bonds is 0. The first-order valence-corrected chi connectivity index (χ1v) is 2.85. The van der Waals surface area contributed by atoms with Crippen LogP contribution in [0.25, 0.3) is 0 Å². The molecule has 11 heavy (non-hydrogen) atoms. The Labute approximate surface area is 62.5 Å². The Morgan fingerprint density at radius 2 is 2.45 bits per heavy atom. The van der Waals surface area contributed by atoms with E-state index in [1.165, 1.54) is 17.1 Å². The molecule has 0 fully saturated rings. The van der Waals surface area contributed by atoms with Gasteiger partial charge in [-0.05, 0) is 6.07 Å². The van der Waals surface area contributed by atoms with E-state index < -0.39 is 6.03 Å². The maximum atomic E-state index is 10.2. The summed E-state index contributed by atoms with van der Waals surface area (Å²) in [5, 5.41) is 12.9. The van der Waals surface area contributed by atoms with Gasteiger partial charge in [-0.2, -0.15) is 5.10 Å². The molecule has 6 nitrogen and oxygen atoms in total. The Balaban J connectivity index is 2.64. The molecule has 0 aliphatic heterocycles. The minimum atomic E-state index is -0.773. The molecule has 4 N–H and O–H groups in total. The smallest absolute Gasteiger partial charge is 0.318 e. The topological polar surface area (TPSA) is 96.8 Å². The summed E-state index contributed by atoms with van der Waals surface area (Å²) >= 11 is 0. The van der Waals surface area contributed by atoms with E-state index in [1.807, 2.05) is 0 Å². The number of aromatic nitrogens is 2. The monoisotopic (exact) mass is 153 g/mol. The van der Waals surface area contributed by atoms with Gasteiger partial charge in [0.2, 0.25) is 5.96 Å². The van der Waals surface area contributed by atoms with Crippen molar-refractivity contribution in [2.24, 2.45) is 5.73 Å². The number of nitrogens with zero attached hydrogens (tertiary/aromatic N) is 2. The number of nitrogens with one attached hydrogen (secondary N) is 2. The molecule has 1 aromatic heterocycles. The molecule has 6 heteroatoms. The van der Waals surface area contributed by atoms with Crippen molar-refractivity contribution >= 4 is 12.0 Å². The molecule has 0 spiro atoms. The van der Waals surface area contributed by atoms with Crippen LogP contribution < -0.4 is 11.1 Å². The molecule has 0 bridgehead atoms. The van der Waals surface area contributed by atoms with Crippen LogP contribution in [0, 0.1) is 5.41 Å². The molecule has 2 amide bonds. The van der Waals surface area contributed by atoms with Gasteiger partial charge in [0.1, 0.15) is 0 Å². The van der Waals surface area contributed by atoms with E-state index in [-0.39, 0.29) is 5.96 Å². The van der Waals surface area contributed by atoms with Crippen molar-refractivity contribution in [3.8, 4) is 0 Å². The van der Waals surface area contributed by atoms with Gasteiger partial charge < -0.3 is 5.73 Å². The number of hydrogen-bond acceptors (Lipinski definition) is 3. The van der Waals surface area contributed by atoms with Gasteiger partial charge in [-0.15, -0.1) is 0 Å². The molecule has 0 aliphatic rings. The van der Waals surface area contributed by atoms with E-state index in [4.69, 9.17) is 11.1 Å². The van der Waals surface area contributed by atoms with E-state index in [0.29, 0.717) is 0 Å². The number of hydrogen-bond donors (Lipinski definition) is 3. The van der Waals surface area contributed by atoms with Gasteiger partial charge in [0, 0.05) is 12.4 Å². The predicted octanol–water partition coefficient (Wildman–Crippen LogP) is -0.666. The normalized spacial score (nSPS) is 9.09. The van der Waals surface area contributed by atoms with Crippen molar-refractivity contribution in [3.05, 3.63) is 18.5 Å². The lowest BCUT2D eigenvalue weighted by Crippen LogP contribution is -2.38. The lowest BCUT2D eigenvalue weighted by atomic mass is 10.7. The largest absolute Gasteiger partial charge is 0.351 e. The Morgan fingerprint density at radius 1 is 1.73 bits per heavy atom. The standard InChI is InChI=1S/C5H7N5O/c6-4(9-5(7)11)10-3-1-2-8-10/h1-3H,(H4,6,7,9,11). The Hall–Kier alpha value is -1.85. The summed E-state index contributed by atoms with van der Waals surface area (Å²) in [6, 6.07) is 0.863. The van der Waals surface area contributed by atoms with Gasteiger partial charge in [-0.25, -0.2) is 9.48 Å². The molecule has 0 saturated heterocycles. The van der Waals surface area contributed by atoms with Crippen LogP contribution >= 0.6 is 0 Å². The maximum absolute atomic E-state index is 10.2. The van der Waals surface area contributed by atoms with Crippen LogP contribution in [0.3, 0.4) is 0 Å². The number of amides is 2. The van der Waals surface area contributed by atoms with Crippen LogP contribution in [0.1, 0.15) is 0 Å². The summed E-state index contributed by atoms with van der Waals surface area (Å²) in [5.41, 5.74) is 4.77. The minimum absolute atomic E-state index is 0.164. The molecule has 0 aliphatic carbocycles. The molecule has 0 saturated carbocycles. The fourth-order valence-corrected chi connectivity index (χ4v) is 0.575. The van der Waals surface area contributed by atoms with Gasteiger partial charge in [0.25, 0.3) is 0 Å².